The average Bonchev–Trinajstić information content (AvgIpc) is 2.69. The highest BCUT2D eigenvalue weighted by Crippen LogP contribution is 2.33. The standard InChI is InChI=1S/C14H20N2O/c1-10(2)16-14(17)8-7-11-9-15-13-6-4-3-5-12(11)13/h3-6,10-11,15H,7-9H2,1-2H3,(H,16,17). The first-order valence-corrected chi connectivity index (χ1v) is 6.29. The van der Waals surface area contributed by atoms with Crippen LogP contribution in [0.4, 0.5) is 5.69 Å². The minimum absolute atomic E-state index is 0.157. The van der Waals surface area contributed by atoms with E-state index in [-0.39, 0.29) is 11.9 Å². The predicted molar refractivity (Wildman–Crippen MR) is 70.2 cm³/mol. The van der Waals surface area contributed by atoms with Crippen LogP contribution < -0.4 is 10.6 Å². The smallest absolute Gasteiger partial charge is 0.220 e. The Kier molecular flexibility index (Phi) is 3.67. The Hall–Kier alpha value is -1.51. The van der Waals surface area contributed by atoms with E-state index in [0.717, 1.165) is 13.0 Å². The molecule has 3 nitrogen and oxygen atoms in total. The van der Waals surface area contributed by atoms with E-state index in [4.69, 9.17) is 0 Å². The molecule has 1 aliphatic heterocycles. The maximum Gasteiger partial charge on any atom is 0.220 e. The summed E-state index contributed by atoms with van der Waals surface area (Å²) in [7, 11) is 0. The maximum absolute atomic E-state index is 11.6. The Morgan fingerprint density at radius 1 is 1.47 bits per heavy atom. The van der Waals surface area contributed by atoms with Gasteiger partial charge in [-0.15, -0.1) is 0 Å². The van der Waals surface area contributed by atoms with Gasteiger partial charge in [-0.3, -0.25) is 4.79 Å². The zero-order valence-corrected chi connectivity index (χ0v) is 10.5. The third-order valence-corrected chi connectivity index (χ3v) is 3.11. The van der Waals surface area contributed by atoms with Gasteiger partial charge in [0.05, 0.1) is 0 Å². The summed E-state index contributed by atoms with van der Waals surface area (Å²) in [6.45, 7) is 4.93. The molecular weight excluding hydrogens is 212 g/mol. The van der Waals surface area contributed by atoms with Crippen molar-refractivity contribution in [1.29, 1.82) is 0 Å². The molecule has 2 rings (SSSR count). The van der Waals surface area contributed by atoms with Gasteiger partial charge in [-0.25, -0.2) is 0 Å². The summed E-state index contributed by atoms with van der Waals surface area (Å²) >= 11 is 0. The minimum Gasteiger partial charge on any atom is -0.384 e. The first kappa shape index (κ1) is 12.0. The van der Waals surface area contributed by atoms with Gasteiger partial charge in [-0.05, 0) is 31.9 Å². The summed E-state index contributed by atoms with van der Waals surface area (Å²) in [6, 6.07) is 8.59. The number of rotatable bonds is 4. The van der Waals surface area contributed by atoms with Crippen LogP contribution in [0.5, 0.6) is 0 Å². The summed E-state index contributed by atoms with van der Waals surface area (Å²) in [5, 5.41) is 6.31. The van der Waals surface area contributed by atoms with Gasteiger partial charge >= 0.3 is 0 Å². The molecule has 0 saturated heterocycles. The number of anilines is 1. The summed E-state index contributed by atoms with van der Waals surface area (Å²) in [5.41, 5.74) is 2.58. The van der Waals surface area contributed by atoms with Gasteiger partial charge < -0.3 is 10.6 Å². The zero-order chi connectivity index (χ0) is 12.3. The SMILES string of the molecule is CC(C)NC(=O)CCC1CNc2ccccc21. The van der Waals surface area contributed by atoms with E-state index in [1.807, 2.05) is 19.9 Å². The van der Waals surface area contributed by atoms with E-state index in [1.54, 1.807) is 0 Å². The Morgan fingerprint density at radius 3 is 3.00 bits per heavy atom. The third-order valence-electron chi connectivity index (χ3n) is 3.11. The summed E-state index contributed by atoms with van der Waals surface area (Å²) in [6.07, 6.45) is 1.53. The quantitative estimate of drug-likeness (QED) is 0.837. The molecule has 2 N–H and O–H groups in total. The van der Waals surface area contributed by atoms with Crippen LogP contribution in [0.2, 0.25) is 0 Å². The Bertz CT molecular complexity index is 401. The molecule has 1 amide bonds. The molecule has 1 atom stereocenters. The fourth-order valence-electron chi connectivity index (χ4n) is 2.31. The monoisotopic (exact) mass is 232 g/mol. The van der Waals surface area contributed by atoms with Crippen molar-refractivity contribution >= 4 is 11.6 Å². The highest BCUT2D eigenvalue weighted by molar-refractivity contribution is 5.76. The van der Waals surface area contributed by atoms with Crippen LogP contribution in [0.25, 0.3) is 0 Å². The molecule has 17 heavy (non-hydrogen) atoms. The molecule has 3 heteroatoms. The lowest BCUT2D eigenvalue weighted by molar-refractivity contribution is -0.121. The van der Waals surface area contributed by atoms with Gasteiger partial charge in [0.15, 0.2) is 0 Å². The number of amides is 1. The number of nitrogens with one attached hydrogen (secondary N) is 2. The van der Waals surface area contributed by atoms with Crippen molar-refractivity contribution in [1.82, 2.24) is 5.32 Å². The second-order valence-electron chi connectivity index (χ2n) is 4.93. The fourth-order valence-corrected chi connectivity index (χ4v) is 2.31. The second kappa shape index (κ2) is 5.21. The van der Waals surface area contributed by atoms with Crippen LogP contribution in [-0.4, -0.2) is 18.5 Å². The highest BCUT2D eigenvalue weighted by atomic mass is 16.1. The van der Waals surface area contributed by atoms with Crippen LogP contribution in [-0.2, 0) is 4.79 Å². The molecule has 0 saturated carbocycles. The lowest BCUT2D eigenvalue weighted by Gasteiger charge is -2.11. The van der Waals surface area contributed by atoms with Crippen LogP contribution in [0.3, 0.4) is 0 Å². The topological polar surface area (TPSA) is 41.1 Å². The first-order chi connectivity index (χ1) is 8.16. The van der Waals surface area contributed by atoms with Crippen molar-refractivity contribution in [3.8, 4) is 0 Å². The van der Waals surface area contributed by atoms with Crippen LogP contribution in [0.15, 0.2) is 24.3 Å². The lowest BCUT2D eigenvalue weighted by atomic mass is 9.96. The van der Waals surface area contributed by atoms with Gasteiger partial charge in [0.1, 0.15) is 0 Å². The Labute approximate surface area is 103 Å². The van der Waals surface area contributed by atoms with Gasteiger partial charge in [0, 0.05) is 30.6 Å². The van der Waals surface area contributed by atoms with Crippen molar-refractivity contribution in [2.24, 2.45) is 0 Å². The number of carbonyl (C=O) groups is 1. The van der Waals surface area contributed by atoms with E-state index in [1.165, 1.54) is 11.3 Å². The number of carbonyl (C=O) groups excluding carboxylic acids is 1. The molecule has 0 aromatic heterocycles. The minimum atomic E-state index is 0.157. The number of hydrogen-bond acceptors (Lipinski definition) is 2. The van der Waals surface area contributed by atoms with E-state index < -0.39 is 0 Å². The lowest BCUT2D eigenvalue weighted by Crippen LogP contribution is -2.30. The fraction of sp³-hybridized carbons (Fsp3) is 0.500. The van der Waals surface area contributed by atoms with Crippen LogP contribution >= 0.6 is 0 Å². The molecule has 1 aromatic carbocycles. The van der Waals surface area contributed by atoms with Gasteiger partial charge in [0.25, 0.3) is 0 Å². The van der Waals surface area contributed by atoms with Crippen LogP contribution in [0.1, 0.15) is 38.2 Å². The molecule has 1 aliphatic rings. The van der Waals surface area contributed by atoms with Crippen molar-refractivity contribution < 1.29 is 4.79 Å². The maximum atomic E-state index is 11.6. The summed E-state index contributed by atoms with van der Waals surface area (Å²) in [5.74, 6) is 0.633. The molecule has 0 fully saturated rings. The second-order valence-corrected chi connectivity index (χ2v) is 4.93. The molecule has 1 aromatic rings. The molecule has 0 aliphatic carbocycles. The van der Waals surface area contributed by atoms with Crippen molar-refractivity contribution in [3.05, 3.63) is 29.8 Å². The molecule has 92 valence electrons. The highest BCUT2D eigenvalue weighted by Gasteiger charge is 2.21. The number of hydrogen-bond donors (Lipinski definition) is 2. The van der Waals surface area contributed by atoms with Crippen LogP contribution in [0, 0.1) is 0 Å². The molecular formula is C14H20N2O. The van der Waals surface area contributed by atoms with Gasteiger partial charge in [-0.2, -0.15) is 0 Å². The number of para-hydroxylation sites is 1. The van der Waals surface area contributed by atoms with Crippen molar-refractivity contribution in [3.63, 3.8) is 0 Å². The average molecular weight is 232 g/mol. The molecule has 1 unspecified atom stereocenters. The van der Waals surface area contributed by atoms with Gasteiger partial charge in [-0.1, -0.05) is 18.2 Å². The zero-order valence-electron chi connectivity index (χ0n) is 10.5. The van der Waals surface area contributed by atoms with E-state index >= 15 is 0 Å². The summed E-state index contributed by atoms with van der Waals surface area (Å²) in [4.78, 5) is 11.6. The number of benzene rings is 1. The van der Waals surface area contributed by atoms with Crippen molar-refractivity contribution in [2.45, 2.75) is 38.6 Å². The normalized spacial score (nSPS) is 17.7. The number of fused-ring (bicyclic) bond motifs is 1. The van der Waals surface area contributed by atoms with E-state index in [0.29, 0.717) is 12.3 Å². The Balaban J connectivity index is 1.88. The summed E-state index contributed by atoms with van der Waals surface area (Å²) < 4.78 is 0. The molecule has 1 heterocycles. The van der Waals surface area contributed by atoms with E-state index in [2.05, 4.69) is 28.8 Å². The molecule has 0 spiro atoms. The predicted octanol–water partition coefficient (Wildman–Crippen LogP) is 2.50. The van der Waals surface area contributed by atoms with Crippen molar-refractivity contribution in [2.75, 3.05) is 11.9 Å². The molecule has 0 radical (unpaired) electrons. The first-order valence-electron chi connectivity index (χ1n) is 6.29. The third kappa shape index (κ3) is 2.99. The molecule has 0 bridgehead atoms. The van der Waals surface area contributed by atoms with Gasteiger partial charge in [0.2, 0.25) is 5.91 Å². The Morgan fingerprint density at radius 2 is 2.24 bits per heavy atom. The van der Waals surface area contributed by atoms with E-state index in [9.17, 15) is 4.79 Å². The largest absolute Gasteiger partial charge is 0.384 e.